The molecule has 1 aliphatic heterocycles. The zero-order chi connectivity index (χ0) is 18.0. The molecule has 1 fully saturated rings. The number of fused-ring (bicyclic) bond motifs is 1. The molecule has 0 saturated carbocycles. The summed E-state index contributed by atoms with van der Waals surface area (Å²) >= 11 is 6.00. The Kier molecular flexibility index (Phi) is 4.88. The van der Waals surface area contributed by atoms with Crippen LogP contribution in [0.2, 0.25) is 5.02 Å². The van der Waals surface area contributed by atoms with Gasteiger partial charge in [-0.05, 0) is 30.2 Å². The number of para-hydroxylation sites is 2. The zero-order valence-corrected chi connectivity index (χ0v) is 16.0. The molecule has 2 N–H and O–H groups in total. The second-order valence-corrected chi connectivity index (χ2v) is 8.21. The quantitative estimate of drug-likeness (QED) is 0.641. The Morgan fingerprint density at radius 2 is 1.85 bits per heavy atom. The van der Waals surface area contributed by atoms with Gasteiger partial charge in [0.2, 0.25) is 5.95 Å². The molecule has 0 spiro atoms. The lowest BCUT2D eigenvalue weighted by Crippen LogP contribution is -2.49. The number of hydrogen-bond donors (Lipinski definition) is 2. The third-order valence-corrected chi connectivity index (χ3v) is 5.83. The van der Waals surface area contributed by atoms with Crippen molar-refractivity contribution in [3.8, 4) is 0 Å². The first kappa shape index (κ1) is 17.4. The van der Waals surface area contributed by atoms with E-state index in [1.54, 1.807) is 0 Å². The fourth-order valence-electron chi connectivity index (χ4n) is 3.91. The van der Waals surface area contributed by atoms with E-state index in [1.165, 1.54) is 31.5 Å². The Balaban J connectivity index is 1.29. The summed E-state index contributed by atoms with van der Waals surface area (Å²) in [4.78, 5) is 7.96. The number of nitrogens with zero attached hydrogens (tertiary/aromatic N) is 2. The average Bonchev–Trinajstić information content (AvgIpc) is 3.06. The highest BCUT2D eigenvalue weighted by Gasteiger charge is 2.30. The number of halogens is 1. The van der Waals surface area contributed by atoms with Crippen molar-refractivity contribution in [2.24, 2.45) is 5.92 Å². The standard InChI is InChI=1S/C21H26ClN4/c1-26(15-17-6-8-18(22)9-7-17)12-10-16(11-13-26)14-23-21-24-19-4-2-3-5-20(19)25-21/h2-9,16H,10-15H2,1H3,(H2,23,24,25)/q+1. The molecular formula is C21H26ClN4+. The zero-order valence-electron chi connectivity index (χ0n) is 15.2. The number of quaternary nitrogens is 1. The van der Waals surface area contributed by atoms with E-state index in [0.29, 0.717) is 5.92 Å². The third-order valence-electron chi connectivity index (χ3n) is 5.58. The van der Waals surface area contributed by atoms with Gasteiger partial charge < -0.3 is 14.8 Å². The van der Waals surface area contributed by atoms with E-state index in [4.69, 9.17) is 11.6 Å². The van der Waals surface area contributed by atoms with Gasteiger partial charge in [-0.1, -0.05) is 35.9 Å². The van der Waals surface area contributed by atoms with Crippen LogP contribution < -0.4 is 5.32 Å². The lowest BCUT2D eigenvalue weighted by molar-refractivity contribution is -0.928. The van der Waals surface area contributed by atoms with E-state index in [-0.39, 0.29) is 0 Å². The van der Waals surface area contributed by atoms with Crippen molar-refractivity contribution < 1.29 is 4.48 Å². The van der Waals surface area contributed by atoms with Crippen LogP contribution in [-0.4, -0.2) is 41.1 Å². The Morgan fingerprint density at radius 3 is 2.58 bits per heavy atom. The molecular weight excluding hydrogens is 344 g/mol. The average molecular weight is 370 g/mol. The van der Waals surface area contributed by atoms with Gasteiger partial charge in [-0.15, -0.1) is 0 Å². The van der Waals surface area contributed by atoms with Gasteiger partial charge in [-0.2, -0.15) is 0 Å². The number of anilines is 1. The van der Waals surface area contributed by atoms with Crippen LogP contribution in [0, 0.1) is 5.92 Å². The van der Waals surface area contributed by atoms with Crippen molar-refractivity contribution >= 4 is 28.6 Å². The number of nitrogens with one attached hydrogen (secondary N) is 2. The molecule has 26 heavy (non-hydrogen) atoms. The minimum absolute atomic E-state index is 0.708. The fourth-order valence-corrected chi connectivity index (χ4v) is 4.04. The maximum atomic E-state index is 6.00. The van der Waals surface area contributed by atoms with Gasteiger partial charge in [0.25, 0.3) is 0 Å². The summed E-state index contributed by atoms with van der Waals surface area (Å²) in [6.07, 6.45) is 2.49. The molecule has 5 heteroatoms. The SMILES string of the molecule is C[N+]1(Cc2ccc(Cl)cc2)CCC(CNc2nc3ccccc3[nH]2)CC1. The van der Waals surface area contributed by atoms with Crippen LogP contribution in [0.4, 0.5) is 5.95 Å². The minimum atomic E-state index is 0.708. The van der Waals surface area contributed by atoms with Crippen molar-refractivity contribution in [2.75, 3.05) is 32.0 Å². The number of likely N-dealkylation sites (tertiary alicyclic amines) is 1. The van der Waals surface area contributed by atoms with Crippen LogP contribution in [0.15, 0.2) is 48.5 Å². The fraction of sp³-hybridized carbons (Fsp3) is 0.381. The van der Waals surface area contributed by atoms with Crippen molar-refractivity contribution in [2.45, 2.75) is 19.4 Å². The van der Waals surface area contributed by atoms with Crippen LogP contribution in [-0.2, 0) is 6.54 Å². The molecule has 2 aromatic carbocycles. The first-order valence-corrected chi connectivity index (χ1v) is 9.74. The largest absolute Gasteiger partial charge is 0.356 e. The third kappa shape index (κ3) is 4.02. The van der Waals surface area contributed by atoms with Crippen LogP contribution >= 0.6 is 11.6 Å². The summed E-state index contributed by atoms with van der Waals surface area (Å²) in [6.45, 7) is 4.51. The summed E-state index contributed by atoms with van der Waals surface area (Å²) in [5, 5.41) is 4.31. The lowest BCUT2D eigenvalue weighted by atomic mass is 9.94. The topological polar surface area (TPSA) is 40.7 Å². The Bertz CT molecular complexity index is 830. The highest BCUT2D eigenvalue weighted by atomic mass is 35.5. The number of aromatic amines is 1. The van der Waals surface area contributed by atoms with Crippen LogP contribution in [0.1, 0.15) is 18.4 Å². The van der Waals surface area contributed by atoms with E-state index >= 15 is 0 Å². The van der Waals surface area contributed by atoms with E-state index in [0.717, 1.165) is 39.6 Å². The van der Waals surface area contributed by atoms with Gasteiger partial charge in [0, 0.05) is 30.0 Å². The van der Waals surface area contributed by atoms with E-state index < -0.39 is 0 Å². The molecule has 136 valence electrons. The predicted octanol–water partition coefficient (Wildman–Crippen LogP) is 4.69. The number of imidazole rings is 1. The van der Waals surface area contributed by atoms with Gasteiger partial charge in [0.05, 0.1) is 31.2 Å². The summed E-state index contributed by atoms with van der Waals surface area (Å²) in [5.74, 6) is 1.59. The molecule has 0 atom stereocenters. The summed E-state index contributed by atoms with van der Waals surface area (Å²) in [7, 11) is 2.37. The van der Waals surface area contributed by atoms with E-state index in [2.05, 4.69) is 40.5 Å². The molecule has 0 unspecified atom stereocenters. The molecule has 4 rings (SSSR count). The second kappa shape index (κ2) is 7.29. The Hall–Kier alpha value is -2.04. The van der Waals surface area contributed by atoms with Gasteiger partial charge >= 0.3 is 0 Å². The lowest BCUT2D eigenvalue weighted by Gasteiger charge is -2.40. The van der Waals surface area contributed by atoms with E-state index in [1.807, 2.05) is 30.3 Å². The first-order valence-electron chi connectivity index (χ1n) is 9.36. The number of rotatable bonds is 5. The monoisotopic (exact) mass is 369 g/mol. The van der Waals surface area contributed by atoms with Crippen molar-refractivity contribution in [1.29, 1.82) is 0 Å². The maximum Gasteiger partial charge on any atom is 0.201 e. The number of benzene rings is 2. The van der Waals surface area contributed by atoms with E-state index in [9.17, 15) is 0 Å². The maximum absolute atomic E-state index is 6.00. The first-order chi connectivity index (χ1) is 12.6. The van der Waals surface area contributed by atoms with Crippen molar-refractivity contribution in [1.82, 2.24) is 9.97 Å². The van der Waals surface area contributed by atoms with Crippen LogP contribution in [0.3, 0.4) is 0 Å². The number of hydrogen-bond acceptors (Lipinski definition) is 2. The van der Waals surface area contributed by atoms with Crippen LogP contribution in [0.25, 0.3) is 11.0 Å². The molecule has 2 heterocycles. The molecule has 0 radical (unpaired) electrons. The molecule has 3 aromatic rings. The molecule has 4 nitrogen and oxygen atoms in total. The Morgan fingerprint density at radius 1 is 1.12 bits per heavy atom. The van der Waals surface area contributed by atoms with Gasteiger partial charge in [0.15, 0.2) is 0 Å². The Labute approximate surface area is 159 Å². The molecule has 0 amide bonds. The number of H-pyrrole nitrogens is 1. The van der Waals surface area contributed by atoms with Crippen LogP contribution in [0.5, 0.6) is 0 Å². The second-order valence-electron chi connectivity index (χ2n) is 7.78. The molecule has 0 aliphatic carbocycles. The minimum Gasteiger partial charge on any atom is -0.356 e. The van der Waals surface area contributed by atoms with Gasteiger partial charge in [0.1, 0.15) is 6.54 Å². The highest BCUT2D eigenvalue weighted by Crippen LogP contribution is 2.25. The summed E-state index contributed by atoms with van der Waals surface area (Å²) in [5.41, 5.74) is 3.48. The van der Waals surface area contributed by atoms with Gasteiger partial charge in [-0.25, -0.2) is 4.98 Å². The predicted molar refractivity (Wildman–Crippen MR) is 108 cm³/mol. The molecule has 0 bridgehead atoms. The van der Waals surface area contributed by atoms with Gasteiger partial charge in [-0.3, -0.25) is 0 Å². The smallest absolute Gasteiger partial charge is 0.201 e. The molecule has 1 aromatic heterocycles. The summed E-state index contributed by atoms with van der Waals surface area (Å²) in [6, 6.07) is 16.5. The summed E-state index contributed by atoms with van der Waals surface area (Å²) < 4.78 is 1.11. The molecule has 1 aliphatic rings. The number of aromatic nitrogens is 2. The molecule has 1 saturated heterocycles. The van der Waals surface area contributed by atoms with Crippen molar-refractivity contribution in [3.05, 3.63) is 59.1 Å². The highest BCUT2D eigenvalue weighted by molar-refractivity contribution is 6.30. The van der Waals surface area contributed by atoms with Crippen molar-refractivity contribution in [3.63, 3.8) is 0 Å². The normalized spacial score (nSPS) is 23.2. The number of piperidine rings is 1.